The van der Waals surface area contributed by atoms with E-state index in [9.17, 15) is 4.79 Å². The van der Waals surface area contributed by atoms with Crippen LogP contribution in [0.3, 0.4) is 0 Å². The van der Waals surface area contributed by atoms with Gasteiger partial charge in [0, 0.05) is 38.4 Å². The van der Waals surface area contributed by atoms with Crippen LogP contribution in [0.1, 0.15) is 39.8 Å². The first-order valence-electron chi connectivity index (χ1n) is 12.4. The van der Waals surface area contributed by atoms with Gasteiger partial charge in [0.2, 0.25) is 0 Å². The van der Waals surface area contributed by atoms with Crippen molar-refractivity contribution in [2.45, 2.75) is 26.3 Å². The maximum Gasteiger partial charge on any atom is 0.342 e. The Labute approximate surface area is 208 Å². The average molecular weight is 473 g/mol. The number of ether oxygens (including phenoxy) is 1. The fraction of sp³-hybridized carbons (Fsp3) is 0.379. The molecule has 0 unspecified atom stereocenters. The van der Waals surface area contributed by atoms with Crippen LogP contribution >= 0.6 is 0 Å². The summed E-state index contributed by atoms with van der Waals surface area (Å²) in [6, 6.07) is 23.5. The van der Waals surface area contributed by atoms with Gasteiger partial charge >= 0.3 is 5.97 Å². The van der Waals surface area contributed by atoms with Gasteiger partial charge in [0.15, 0.2) is 0 Å². The zero-order valence-electron chi connectivity index (χ0n) is 21.3. The Balaban J connectivity index is 1.64. The number of rotatable bonds is 8. The van der Waals surface area contributed by atoms with Gasteiger partial charge in [-0.1, -0.05) is 60.7 Å². The zero-order valence-corrected chi connectivity index (χ0v) is 21.3. The number of nitrogens with zero attached hydrogens (tertiary/aromatic N) is 3. The number of carbonyl (C=O) groups excluding carboxylic acids is 1. The molecule has 1 saturated heterocycles. The number of benzene rings is 2. The molecular formula is C29H36N4O2. The number of esters is 1. The number of carbonyl (C=O) groups is 1. The maximum absolute atomic E-state index is 12.7. The van der Waals surface area contributed by atoms with Crippen LogP contribution in [-0.2, 0) is 10.3 Å². The molecular weight excluding hydrogens is 436 g/mol. The minimum absolute atomic E-state index is 0.259. The summed E-state index contributed by atoms with van der Waals surface area (Å²) < 4.78 is 5.31. The third kappa shape index (κ3) is 5.24. The molecule has 1 fully saturated rings. The van der Waals surface area contributed by atoms with Gasteiger partial charge in [-0.25, -0.2) is 4.79 Å². The number of pyridine rings is 1. The van der Waals surface area contributed by atoms with Crippen molar-refractivity contribution >= 4 is 11.7 Å². The van der Waals surface area contributed by atoms with E-state index in [-0.39, 0.29) is 11.5 Å². The Hall–Kier alpha value is -3.22. The van der Waals surface area contributed by atoms with E-state index in [1.807, 2.05) is 26.8 Å². The predicted molar refractivity (Wildman–Crippen MR) is 141 cm³/mol. The summed E-state index contributed by atoms with van der Waals surface area (Å²) >= 11 is 0. The number of aryl methyl sites for hydroxylation is 2. The van der Waals surface area contributed by atoms with Crippen molar-refractivity contribution in [2.24, 2.45) is 0 Å². The molecule has 0 bridgehead atoms. The quantitative estimate of drug-likeness (QED) is 0.488. The summed E-state index contributed by atoms with van der Waals surface area (Å²) in [6.07, 6.45) is 0. The van der Waals surface area contributed by atoms with Crippen LogP contribution in [0.15, 0.2) is 66.7 Å². The molecule has 3 aromatic rings. The van der Waals surface area contributed by atoms with E-state index in [0.717, 1.165) is 37.6 Å². The zero-order chi connectivity index (χ0) is 24.8. The van der Waals surface area contributed by atoms with Gasteiger partial charge in [-0.3, -0.25) is 9.88 Å². The van der Waals surface area contributed by atoms with E-state index in [0.29, 0.717) is 24.4 Å². The maximum atomic E-state index is 12.7. The van der Waals surface area contributed by atoms with E-state index in [4.69, 9.17) is 4.74 Å². The highest BCUT2D eigenvalue weighted by atomic mass is 16.5. The Morgan fingerprint density at radius 2 is 1.66 bits per heavy atom. The molecule has 1 aliphatic rings. The van der Waals surface area contributed by atoms with Crippen molar-refractivity contribution in [2.75, 3.05) is 51.7 Å². The Bertz CT molecular complexity index is 1090. The first kappa shape index (κ1) is 24.9. The van der Waals surface area contributed by atoms with Crippen molar-refractivity contribution in [3.63, 3.8) is 0 Å². The van der Waals surface area contributed by atoms with E-state index in [2.05, 4.69) is 87.8 Å². The van der Waals surface area contributed by atoms with E-state index in [1.54, 1.807) is 0 Å². The molecule has 184 valence electrons. The van der Waals surface area contributed by atoms with Crippen LogP contribution in [-0.4, -0.2) is 67.1 Å². The van der Waals surface area contributed by atoms with E-state index in [1.165, 1.54) is 11.1 Å². The number of likely N-dealkylation sites (N-methyl/N-ethyl adjacent to an activating group) is 1. The Morgan fingerprint density at radius 3 is 2.26 bits per heavy atom. The number of aromatic nitrogens is 1. The second-order valence-electron chi connectivity index (χ2n) is 9.24. The van der Waals surface area contributed by atoms with Crippen LogP contribution in [0.2, 0.25) is 0 Å². The number of nitrogens with one attached hydrogen (secondary N) is 1. The molecule has 0 atom stereocenters. The summed E-state index contributed by atoms with van der Waals surface area (Å²) in [5, 5.41) is 3.54. The number of anilines is 1. The van der Waals surface area contributed by atoms with Gasteiger partial charge in [-0.05, 0) is 45.0 Å². The van der Waals surface area contributed by atoms with Gasteiger partial charge < -0.3 is 15.0 Å². The monoisotopic (exact) mass is 472 g/mol. The van der Waals surface area contributed by atoms with Gasteiger partial charge in [0.25, 0.3) is 0 Å². The highest BCUT2D eigenvalue weighted by Crippen LogP contribution is 2.38. The lowest BCUT2D eigenvalue weighted by molar-refractivity contribution is 0.0347. The topological polar surface area (TPSA) is 57.7 Å². The first-order valence-corrected chi connectivity index (χ1v) is 12.4. The molecule has 0 aliphatic carbocycles. The third-order valence-electron chi connectivity index (χ3n) is 6.80. The molecule has 0 spiro atoms. The molecule has 1 aromatic heterocycles. The number of hydrogen-bond acceptors (Lipinski definition) is 6. The number of hydrogen-bond donors (Lipinski definition) is 1. The van der Waals surface area contributed by atoms with Crippen molar-refractivity contribution in [3.8, 4) is 0 Å². The average Bonchev–Trinajstić information content (AvgIpc) is 2.85. The van der Waals surface area contributed by atoms with Crippen molar-refractivity contribution < 1.29 is 9.53 Å². The third-order valence-corrected chi connectivity index (χ3v) is 6.80. The summed E-state index contributed by atoms with van der Waals surface area (Å²) in [5.41, 5.74) is 5.20. The molecule has 4 rings (SSSR count). The van der Waals surface area contributed by atoms with Gasteiger partial charge in [-0.15, -0.1) is 0 Å². The standard InChI is InChI=1S/C29H36N4O2/c1-5-35-28(34)27-23(3)31-22(2)20-26(27)30-16-17-33-19-18-32(4)21-29(33,24-12-8-6-9-13-24)25-14-10-7-11-15-25/h6-15,20H,5,16-19,21H2,1-4H3,(H,30,31). The predicted octanol–water partition coefficient (Wildman–Crippen LogP) is 4.48. The molecule has 0 amide bonds. The van der Waals surface area contributed by atoms with Gasteiger partial charge in [0.05, 0.1) is 23.5 Å². The fourth-order valence-corrected chi connectivity index (χ4v) is 5.25. The molecule has 1 aliphatic heterocycles. The lowest BCUT2D eigenvalue weighted by atomic mass is 9.79. The minimum atomic E-state index is -0.331. The highest BCUT2D eigenvalue weighted by molar-refractivity contribution is 5.96. The minimum Gasteiger partial charge on any atom is -0.462 e. The molecule has 2 aromatic carbocycles. The van der Waals surface area contributed by atoms with E-state index >= 15 is 0 Å². The SMILES string of the molecule is CCOC(=O)c1c(NCCN2CCN(C)CC2(c2ccccc2)c2ccccc2)cc(C)nc1C. The van der Waals surface area contributed by atoms with Crippen LogP contribution < -0.4 is 5.32 Å². The highest BCUT2D eigenvalue weighted by Gasteiger charge is 2.43. The van der Waals surface area contributed by atoms with E-state index < -0.39 is 0 Å². The lowest BCUT2D eigenvalue weighted by Crippen LogP contribution is -2.60. The van der Waals surface area contributed by atoms with Crippen molar-refractivity contribution in [1.29, 1.82) is 0 Å². The van der Waals surface area contributed by atoms with Gasteiger partial charge in [0.1, 0.15) is 5.56 Å². The summed E-state index contributed by atoms with van der Waals surface area (Å²) in [6.45, 7) is 10.3. The van der Waals surface area contributed by atoms with Crippen LogP contribution in [0.25, 0.3) is 0 Å². The van der Waals surface area contributed by atoms with Crippen LogP contribution in [0.4, 0.5) is 5.69 Å². The Kier molecular flexibility index (Phi) is 7.83. The largest absolute Gasteiger partial charge is 0.462 e. The first-order chi connectivity index (χ1) is 17.0. The smallest absolute Gasteiger partial charge is 0.342 e. The lowest BCUT2D eigenvalue weighted by Gasteiger charge is -2.51. The second-order valence-corrected chi connectivity index (χ2v) is 9.24. The van der Waals surface area contributed by atoms with Crippen LogP contribution in [0.5, 0.6) is 0 Å². The molecule has 6 nitrogen and oxygen atoms in total. The summed E-state index contributed by atoms with van der Waals surface area (Å²) in [4.78, 5) is 22.1. The molecule has 6 heteroatoms. The molecule has 1 N–H and O–H groups in total. The summed E-state index contributed by atoms with van der Waals surface area (Å²) in [5.74, 6) is -0.331. The van der Waals surface area contributed by atoms with Crippen molar-refractivity contribution in [3.05, 3.63) is 94.8 Å². The molecule has 0 radical (unpaired) electrons. The van der Waals surface area contributed by atoms with Crippen molar-refractivity contribution in [1.82, 2.24) is 14.8 Å². The number of piperazine rings is 1. The molecule has 0 saturated carbocycles. The second kappa shape index (κ2) is 11.0. The fourth-order valence-electron chi connectivity index (χ4n) is 5.25. The Morgan fingerprint density at radius 1 is 1.03 bits per heavy atom. The summed E-state index contributed by atoms with van der Waals surface area (Å²) in [7, 11) is 2.20. The normalized spacial score (nSPS) is 16.1. The molecule has 35 heavy (non-hydrogen) atoms. The molecule has 2 heterocycles. The van der Waals surface area contributed by atoms with Gasteiger partial charge in [-0.2, -0.15) is 0 Å². The van der Waals surface area contributed by atoms with Crippen LogP contribution in [0, 0.1) is 13.8 Å².